The fourth-order valence-corrected chi connectivity index (χ4v) is 6.51. The minimum atomic E-state index is -4.67. The molecule has 0 aromatic rings. The number of aliphatic hydroxyl groups excluding tert-OH is 3. The Bertz CT molecular complexity index is 1050. The third-order valence-corrected chi connectivity index (χ3v) is 10.0. The lowest BCUT2D eigenvalue weighted by Crippen LogP contribution is -2.30. The summed E-state index contributed by atoms with van der Waals surface area (Å²) in [6, 6.07) is 0. The zero-order valence-corrected chi connectivity index (χ0v) is 35.6. The minimum absolute atomic E-state index is 0.0388. The maximum Gasteiger partial charge on any atom is 0.472 e. The first kappa shape index (κ1) is 53.1. The Morgan fingerprint density at radius 3 is 1.87 bits per heavy atom. The van der Waals surface area contributed by atoms with Crippen LogP contribution in [0.2, 0.25) is 0 Å². The van der Waals surface area contributed by atoms with E-state index >= 15 is 0 Å². The number of ether oxygens (including phenoxy) is 2. The van der Waals surface area contributed by atoms with Gasteiger partial charge >= 0.3 is 19.8 Å². The van der Waals surface area contributed by atoms with Crippen LogP contribution >= 0.6 is 7.82 Å². The summed E-state index contributed by atoms with van der Waals surface area (Å²) in [6.07, 6.45) is 32.9. The van der Waals surface area contributed by atoms with Crippen molar-refractivity contribution in [1.29, 1.82) is 0 Å². The largest absolute Gasteiger partial charge is 0.472 e. The molecule has 0 spiro atoms. The molecule has 0 saturated heterocycles. The number of aliphatic hydroxyl groups is 3. The quantitative estimate of drug-likeness (QED) is 0.0153. The molecule has 55 heavy (non-hydrogen) atoms. The van der Waals surface area contributed by atoms with Gasteiger partial charge in [-0.2, -0.15) is 0 Å². The van der Waals surface area contributed by atoms with Gasteiger partial charge in [0.15, 0.2) is 6.10 Å². The Morgan fingerprint density at radius 1 is 0.655 bits per heavy atom. The van der Waals surface area contributed by atoms with Crippen LogP contribution < -0.4 is 0 Å². The molecule has 0 rings (SSSR count). The third-order valence-electron chi connectivity index (χ3n) is 9.08. The summed E-state index contributed by atoms with van der Waals surface area (Å²) in [6.45, 7) is 4.46. The van der Waals surface area contributed by atoms with Gasteiger partial charge in [0.1, 0.15) is 12.7 Å². The maximum atomic E-state index is 12.6. The summed E-state index contributed by atoms with van der Waals surface area (Å²) in [5.74, 6) is -0.329. The predicted molar refractivity (Wildman–Crippen MR) is 220 cm³/mol. The van der Waals surface area contributed by atoms with E-state index < -0.39 is 57.9 Å². The van der Waals surface area contributed by atoms with Crippen LogP contribution in [0.4, 0.5) is 0 Å². The Hall–Kier alpha value is -1.85. The average Bonchev–Trinajstić information content (AvgIpc) is 3.15. The van der Waals surface area contributed by atoms with Gasteiger partial charge in [-0.3, -0.25) is 18.6 Å². The van der Waals surface area contributed by atoms with Gasteiger partial charge in [0.2, 0.25) is 0 Å². The van der Waals surface area contributed by atoms with Crippen LogP contribution in [0.25, 0.3) is 0 Å². The van der Waals surface area contributed by atoms with E-state index in [1.165, 1.54) is 89.9 Å². The van der Waals surface area contributed by atoms with Gasteiger partial charge in [0.05, 0.1) is 25.9 Å². The summed E-state index contributed by atoms with van der Waals surface area (Å²) >= 11 is 0. The van der Waals surface area contributed by atoms with Crippen LogP contribution in [0.15, 0.2) is 36.5 Å². The summed E-state index contributed by atoms with van der Waals surface area (Å²) in [7, 11) is -4.67. The van der Waals surface area contributed by atoms with Crippen molar-refractivity contribution in [2.75, 3.05) is 26.4 Å². The van der Waals surface area contributed by atoms with Gasteiger partial charge in [0, 0.05) is 12.8 Å². The van der Waals surface area contributed by atoms with Crippen LogP contribution in [-0.4, -0.2) is 76.9 Å². The number of phosphoric acid groups is 1. The van der Waals surface area contributed by atoms with E-state index in [2.05, 4.69) is 37.4 Å². The molecule has 0 radical (unpaired) electrons. The number of hydrogen-bond donors (Lipinski definition) is 4. The lowest BCUT2D eigenvalue weighted by Gasteiger charge is -2.20. The van der Waals surface area contributed by atoms with Crippen LogP contribution in [-0.2, 0) is 32.7 Å². The van der Waals surface area contributed by atoms with E-state index in [0.29, 0.717) is 19.3 Å². The Labute approximate surface area is 334 Å². The van der Waals surface area contributed by atoms with Gasteiger partial charge in [-0.1, -0.05) is 160 Å². The SMILES string of the molecule is CCCCCCCC/C=C/C/C=C/C=C/C(O)CCCC(=O)O[C@H](COC(=O)CCCCCCCCCCCCCC(C)C)COP(=O)(O)OC[C@@H](O)CO. The molecule has 0 amide bonds. The van der Waals surface area contributed by atoms with Gasteiger partial charge in [-0.25, -0.2) is 4.57 Å². The molecule has 12 heteroatoms. The molecule has 0 aliphatic rings. The van der Waals surface area contributed by atoms with Gasteiger partial charge in [0.25, 0.3) is 0 Å². The maximum absolute atomic E-state index is 12.6. The second-order valence-corrected chi connectivity index (χ2v) is 16.5. The van der Waals surface area contributed by atoms with E-state index in [0.717, 1.165) is 38.0 Å². The third kappa shape index (κ3) is 38.8. The number of hydrogen-bond acceptors (Lipinski definition) is 10. The molecule has 0 aliphatic carbocycles. The van der Waals surface area contributed by atoms with Crippen LogP contribution in [0, 0.1) is 5.92 Å². The molecule has 4 N–H and O–H groups in total. The predicted octanol–water partition coefficient (Wildman–Crippen LogP) is 10.00. The van der Waals surface area contributed by atoms with Crippen molar-refractivity contribution in [3.05, 3.63) is 36.5 Å². The average molecular weight is 803 g/mol. The van der Waals surface area contributed by atoms with E-state index in [9.17, 15) is 29.3 Å². The normalized spacial score (nSPS) is 14.9. The molecule has 0 fully saturated rings. The van der Waals surface area contributed by atoms with Gasteiger partial charge in [-0.15, -0.1) is 0 Å². The zero-order valence-electron chi connectivity index (χ0n) is 34.7. The number of carbonyl (C=O) groups excluding carboxylic acids is 2. The molecule has 0 saturated carbocycles. The minimum Gasteiger partial charge on any atom is -0.462 e. The number of esters is 2. The fraction of sp³-hybridized carbons (Fsp3) is 0.814. The molecular weight excluding hydrogens is 723 g/mol. The van der Waals surface area contributed by atoms with Gasteiger partial charge in [-0.05, 0) is 44.4 Å². The van der Waals surface area contributed by atoms with Crippen molar-refractivity contribution in [3.8, 4) is 0 Å². The standard InChI is InChI=1S/C43H79O11P/c1-4-5-6-7-8-9-10-11-14-17-20-23-26-30-39(45)31-28-33-43(48)54-41(37-53-55(49,50)52-35-40(46)34-44)36-51-42(47)32-27-24-21-18-15-12-13-16-19-22-25-29-38(2)3/h11,14,20,23,26,30,38-41,44-46H,4-10,12-13,15-19,21-22,24-25,27-29,31-37H2,1-3H3,(H,49,50)/b14-11+,23-20+,30-26+/t39?,40-,41+/m0/s1. The van der Waals surface area contributed by atoms with E-state index in [1.54, 1.807) is 12.2 Å². The molecule has 0 bridgehead atoms. The lowest BCUT2D eigenvalue weighted by atomic mass is 10.0. The van der Waals surface area contributed by atoms with E-state index in [4.69, 9.17) is 19.1 Å². The Balaban J connectivity index is 4.50. The topological polar surface area (TPSA) is 169 Å². The van der Waals surface area contributed by atoms with Crippen molar-refractivity contribution >= 4 is 19.8 Å². The summed E-state index contributed by atoms with van der Waals surface area (Å²) < 4.78 is 32.5. The highest BCUT2D eigenvalue weighted by molar-refractivity contribution is 7.47. The fourth-order valence-electron chi connectivity index (χ4n) is 5.72. The second kappa shape index (κ2) is 37.7. The van der Waals surface area contributed by atoms with Crippen molar-refractivity contribution in [2.24, 2.45) is 5.92 Å². The highest BCUT2D eigenvalue weighted by Crippen LogP contribution is 2.43. The molecule has 0 aromatic heterocycles. The van der Waals surface area contributed by atoms with Crippen molar-refractivity contribution in [1.82, 2.24) is 0 Å². The summed E-state index contributed by atoms with van der Waals surface area (Å²) in [4.78, 5) is 35.0. The number of carbonyl (C=O) groups is 2. The lowest BCUT2D eigenvalue weighted by molar-refractivity contribution is -0.161. The highest BCUT2D eigenvalue weighted by Gasteiger charge is 2.27. The number of unbranched alkanes of at least 4 members (excludes halogenated alkanes) is 16. The number of allylic oxidation sites excluding steroid dienone is 5. The molecule has 0 aromatic carbocycles. The number of rotatable bonds is 39. The first-order chi connectivity index (χ1) is 26.5. The van der Waals surface area contributed by atoms with Crippen molar-refractivity contribution in [3.63, 3.8) is 0 Å². The molecular formula is C43H79O11P. The molecule has 4 atom stereocenters. The van der Waals surface area contributed by atoms with Crippen LogP contribution in [0.3, 0.4) is 0 Å². The van der Waals surface area contributed by atoms with E-state index in [-0.39, 0.29) is 19.4 Å². The van der Waals surface area contributed by atoms with Crippen LogP contribution in [0.5, 0.6) is 0 Å². The second-order valence-electron chi connectivity index (χ2n) is 15.0. The summed E-state index contributed by atoms with van der Waals surface area (Å²) in [5, 5.41) is 28.6. The molecule has 2 unspecified atom stereocenters. The number of phosphoric ester groups is 1. The van der Waals surface area contributed by atoms with Crippen molar-refractivity contribution < 1.29 is 52.9 Å². The smallest absolute Gasteiger partial charge is 0.462 e. The molecule has 0 heterocycles. The Morgan fingerprint density at radius 2 is 1.24 bits per heavy atom. The zero-order chi connectivity index (χ0) is 40.8. The van der Waals surface area contributed by atoms with E-state index in [1.807, 2.05) is 12.2 Å². The van der Waals surface area contributed by atoms with Gasteiger partial charge < -0.3 is 29.7 Å². The first-order valence-electron chi connectivity index (χ1n) is 21.4. The molecule has 11 nitrogen and oxygen atoms in total. The monoisotopic (exact) mass is 803 g/mol. The van der Waals surface area contributed by atoms with Crippen LogP contribution in [0.1, 0.15) is 175 Å². The molecule has 0 aliphatic heterocycles. The summed E-state index contributed by atoms with van der Waals surface area (Å²) in [5.41, 5.74) is 0. The first-order valence-corrected chi connectivity index (χ1v) is 22.9. The Kier molecular flexibility index (Phi) is 36.4. The highest BCUT2D eigenvalue weighted by atomic mass is 31.2. The molecule has 322 valence electrons. The van der Waals surface area contributed by atoms with Crippen molar-refractivity contribution in [2.45, 2.75) is 193 Å².